The van der Waals surface area contributed by atoms with Crippen LogP contribution in [0.15, 0.2) is 10.7 Å². The van der Waals surface area contributed by atoms with E-state index in [-0.39, 0.29) is 0 Å². The van der Waals surface area contributed by atoms with Gasteiger partial charge in [-0.1, -0.05) is 13.8 Å². The lowest BCUT2D eigenvalue weighted by atomic mass is 10.4. The van der Waals surface area contributed by atoms with Crippen LogP contribution in [0.2, 0.25) is 0 Å². The number of nitrogens with zero attached hydrogens (tertiary/aromatic N) is 5. The molecule has 0 aliphatic rings. The largest absolute Gasteiger partial charge is 0.480 e. The van der Waals surface area contributed by atoms with E-state index in [2.05, 4.69) is 36.0 Å². The van der Waals surface area contributed by atoms with E-state index in [1.165, 1.54) is 0 Å². The van der Waals surface area contributed by atoms with Gasteiger partial charge in [0.15, 0.2) is 5.82 Å². The lowest BCUT2D eigenvalue weighted by Crippen LogP contribution is -2.08. The second kappa shape index (κ2) is 5.43. The lowest BCUT2D eigenvalue weighted by Gasteiger charge is -2.05. The molecule has 6 nitrogen and oxygen atoms in total. The van der Waals surface area contributed by atoms with Crippen LogP contribution in [0.3, 0.4) is 0 Å². The number of halogens is 1. The number of rotatable bonds is 4. The van der Waals surface area contributed by atoms with Crippen LogP contribution >= 0.6 is 15.9 Å². The summed E-state index contributed by atoms with van der Waals surface area (Å²) in [5, 5.41) is 4.38. The van der Waals surface area contributed by atoms with E-state index < -0.39 is 0 Å². The molecule has 0 aromatic carbocycles. The molecule has 2 rings (SSSR count). The molecule has 0 spiro atoms. The highest BCUT2D eigenvalue weighted by Crippen LogP contribution is 2.21. The van der Waals surface area contributed by atoms with Crippen LogP contribution in [-0.4, -0.2) is 31.8 Å². The van der Waals surface area contributed by atoms with Gasteiger partial charge in [0.1, 0.15) is 5.82 Å². The Morgan fingerprint density at radius 1 is 1.28 bits per heavy atom. The Balaban J connectivity index is 2.50. The molecule has 0 amide bonds. The molecule has 0 aliphatic heterocycles. The Labute approximate surface area is 114 Å². The molecule has 0 saturated carbocycles. The number of hydrogen-bond acceptors (Lipinski definition) is 5. The van der Waals surface area contributed by atoms with Gasteiger partial charge < -0.3 is 4.74 Å². The minimum absolute atomic E-state index is 0.471. The summed E-state index contributed by atoms with van der Waals surface area (Å²) >= 11 is 3.32. The maximum Gasteiger partial charge on any atom is 0.255 e. The third-order valence-electron chi connectivity index (χ3n) is 2.43. The van der Waals surface area contributed by atoms with Crippen molar-refractivity contribution in [3.8, 4) is 11.8 Å². The predicted octanol–water partition coefficient (Wildman–Crippen LogP) is 1.95. The van der Waals surface area contributed by atoms with Crippen LogP contribution < -0.4 is 4.74 Å². The Morgan fingerprint density at radius 2 is 2.06 bits per heavy atom. The number of aromatic nitrogens is 5. The van der Waals surface area contributed by atoms with Crippen LogP contribution in [-0.2, 0) is 12.8 Å². The summed E-state index contributed by atoms with van der Waals surface area (Å²) < 4.78 is 7.53. The molecule has 0 radical (unpaired) electrons. The van der Waals surface area contributed by atoms with Gasteiger partial charge in [0, 0.05) is 12.8 Å². The maximum absolute atomic E-state index is 5.15. The van der Waals surface area contributed by atoms with Crippen molar-refractivity contribution in [2.75, 3.05) is 7.11 Å². The minimum atomic E-state index is 0.471. The van der Waals surface area contributed by atoms with Crippen LogP contribution in [0.25, 0.3) is 5.95 Å². The normalized spacial score (nSPS) is 10.7. The number of methoxy groups -OCH3 is 1. The smallest absolute Gasteiger partial charge is 0.255 e. The predicted molar refractivity (Wildman–Crippen MR) is 70.0 cm³/mol. The van der Waals surface area contributed by atoms with Crippen LogP contribution in [0.5, 0.6) is 5.88 Å². The second-order valence-electron chi connectivity index (χ2n) is 3.59. The number of aryl methyl sites for hydroxylation is 2. The molecular formula is C11H14BrN5O. The SMILES string of the molecule is CCc1nc(CC)n(-c2ncc(Br)c(OC)n2)n1. The first-order valence-electron chi connectivity index (χ1n) is 5.71. The average molecular weight is 312 g/mol. The molecule has 96 valence electrons. The molecule has 0 aliphatic carbocycles. The van der Waals surface area contributed by atoms with Crippen molar-refractivity contribution in [3.05, 3.63) is 22.3 Å². The van der Waals surface area contributed by atoms with E-state index in [0.717, 1.165) is 24.5 Å². The van der Waals surface area contributed by atoms with E-state index in [1.54, 1.807) is 18.0 Å². The fraction of sp³-hybridized carbons (Fsp3) is 0.455. The highest BCUT2D eigenvalue weighted by atomic mass is 79.9. The standard InChI is InChI=1S/C11H14BrN5O/c1-4-8-14-9(5-2)17(16-8)11-13-6-7(12)10(15-11)18-3/h6H,4-5H2,1-3H3. The molecule has 0 saturated heterocycles. The zero-order chi connectivity index (χ0) is 13.1. The first kappa shape index (κ1) is 12.9. The molecular weight excluding hydrogens is 298 g/mol. The van der Waals surface area contributed by atoms with Crippen molar-refractivity contribution < 1.29 is 4.74 Å². The summed E-state index contributed by atoms with van der Waals surface area (Å²) in [5.74, 6) is 2.59. The van der Waals surface area contributed by atoms with Crippen molar-refractivity contribution in [3.63, 3.8) is 0 Å². The Kier molecular flexibility index (Phi) is 3.90. The summed E-state index contributed by atoms with van der Waals surface area (Å²) in [4.78, 5) is 13.0. The summed E-state index contributed by atoms with van der Waals surface area (Å²) in [7, 11) is 1.57. The van der Waals surface area contributed by atoms with Gasteiger partial charge in [-0.05, 0) is 15.9 Å². The van der Waals surface area contributed by atoms with Gasteiger partial charge in [-0.15, -0.1) is 5.10 Å². The summed E-state index contributed by atoms with van der Waals surface area (Å²) in [6.07, 6.45) is 3.20. The topological polar surface area (TPSA) is 65.7 Å². The zero-order valence-electron chi connectivity index (χ0n) is 10.5. The van der Waals surface area contributed by atoms with E-state index in [0.29, 0.717) is 16.3 Å². The molecule has 18 heavy (non-hydrogen) atoms. The molecule has 0 bridgehead atoms. The summed E-state index contributed by atoms with van der Waals surface area (Å²) in [5.41, 5.74) is 0. The van der Waals surface area contributed by atoms with E-state index >= 15 is 0 Å². The number of ether oxygens (including phenoxy) is 1. The fourth-order valence-corrected chi connectivity index (χ4v) is 1.87. The summed E-state index contributed by atoms with van der Waals surface area (Å²) in [6.45, 7) is 4.04. The third-order valence-corrected chi connectivity index (χ3v) is 2.98. The molecule has 0 N–H and O–H groups in total. The van der Waals surface area contributed by atoms with Gasteiger partial charge in [0.05, 0.1) is 17.8 Å². The highest BCUT2D eigenvalue weighted by Gasteiger charge is 2.13. The monoisotopic (exact) mass is 311 g/mol. The molecule has 2 aromatic rings. The van der Waals surface area contributed by atoms with E-state index in [4.69, 9.17) is 4.74 Å². The highest BCUT2D eigenvalue weighted by molar-refractivity contribution is 9.10. The van der Waals surface area contributed by atoms with Gasteiger partial charge in [0.25, 0.3) is 5.95 Å². The fourth-order valence-electron chi connectivity index (χ4n) is 1.52. The first-order valence-corrected chi connectivity index (χ1v) is 6.50. The van der Waals surface area contributed by atoms with Crippen molar-refractivity contribution in [2.24, 2.45) is 0 Å². The van der Waals surface area contributed by atoms with Crippen LogP contribution in [0, 0.1) is 0 Å². The van der Waals surface area contributed by atoms with Crippen LogP contribution in [0.4, 0.5) is 0 Å². The molecule has 7 heteroatoms. The Hall–Kier alpha value is -1.50. The third kappa shape index (κ3) is 2.35. The Morgan fingerprint density at radius 3 is 2.67 bits per heavy atom. The number of hydrogen-bond donors (Lipinski definition) is 0. The maximum atomic E-state index is 5.15. The minimum Gasteiger partial charge on any atom is -0.480 e. The Bertz CT molecular complexity index is 554. The molecule has 0 atom stereocenters. The second-order valence-corrected chi connectivity index (χ2v) is 4.44. The van der Waals surface area contributed by atoms with Crippen molar-refractivity contribution in [1.29, 1.82) is 0 Å². The van der Waals surface area contributed by atoms with Gasteiger partial charge >= 0.3 is 0 Å². The summed E-state index contributed by atoms with van der Waals surface area (Å²) in [6, 6.07) is 0. The van der Waals surface area contributed by atoms with Gasteiger partial charge in [0.2, 0.25) is 5.88 Å². The van der Waals surface area contributed by atoms with Gasteiger partial charge in [-0.3, -0.25) is 0 Å². The van der Waals surface area contributed by atoms with Gasteiger partial charge in [-0.2, -0.15) is 9.67 Å². The molecule has 2 aromatic heterocycles. The van der Waals surface area contributed by atoms with Gasteiger partial charge in [-0.25, -0.2) is 9.97 Å². The average Bonchev–Trinajstić information content (AvgIpc) is 2.82. The molecule has 0 unspecified atom stereocenters. The van der Waals surface area contributed by atoms with Crippen molar-refractivity contribution >= 4 is 15.9 Å². The van der Waals surface area contributed by atoms with Crippen molar-refractivity contribution in [1.82, 2.24) is 24.7 Å². The molecule has 2 heterocycles. The van der Waals surface area contributed by atoms with Crippen LogP contribution in [0.1, 0.15) is 25.5 Å². The van der Waals surface area contributed by atoms with Crippen molar-refractivity contribution in [2.45, 2.75) is 26.7 Å². The van der Waals surface area contributed by atoms with E-state index in [9.17, 15) is 0 Å². The van der Waals surface area contributed by atoms with E-state index in [1.807, 2.05) is 13.8 Å². The zero-order valence-corrected chi connectivity index (χ0v) is 12.1. The lowest BCUT2D eigenvalue weighted by molar-refractivity contribution is 0.392. The first-order chi connectivity index (χ1) is 8.69. The molecule has 0 fully saturated rings. The quantitative estimate of drug-likeness (QED) is 0.863.